The van der Waals surface area contributed by atoms with Gasteiger partial charge in [-0.05, 0) is 12.3 Å². The molecule has 1 aliphatic rings. The molecular formula is C6H7N. The molecule has 1 saturated carbocycles. The Bertz CT molecular complexity index is 139. The van der Waals surface area contributed by atoms with Gasteiger partial charge in [0.2, 0.25) is 0 Å². The third-order valence-corrected chi connectivity index (χ3v) is 1.26. The van der Waals surface area contributed by atoms with Gasteiger partial charge in [-0.2, -0.15) is 5.26 Å². The molecule has 1 rings (SSSR count). The molecule has 0 aliphatic heterocycles. The Morgan fingerprint density at radius 3 is 2.71 bits per heavy atom. The quantitative estimate of drug-likeness (QED) is 0.416. The highest BCUT2D eigenvalue weighted by atomic mass is 14.3. The zero-order valence-electron chi connectivity index (χ0n) is 4.31. The van der Waals surface area contributed by atoms with Crippen molar-refractivity contribution in [3.8, 4) is 6.07 Å². The highest BCUT2D eigenvalue weighted by Crippen LogP contribution is 2.35. The minimum absolute atomic E-state index is 0.708. The predicted octanol–water partition coefficient (Wildman–Crippen LogP) is 1.48. The molecule has 0 heterocycles. The van der Waals surface area contributed by atoms with Crippen LogP contribution in [-0.2, 0) is 0 Å². The number of rotatable bonds is 0. The number of hydrogen-bond donors (Lipinski definition) is 0. The lowest BCUT2D eigenvalue weighted by Gasteiger charge is -1.62. The summed E-state index contributed by atoms with van der Waals surface area (Å²) in [7, 11) is 0. The minimum Gasteiger partial charge on any atom is -0.193 e. The Kier molecular flexibility index (Phi) is 0.867. The summed E-state index contributed by atoms with van der Waals surface area (Å²) < 4.78 is 0. The van der Waals surface area contributed by atoms with Crippen LogP contribution in [0.1, 0.15) is 13.3 Å². The highest BCUT2D eigenvalue weighted by molar-refractivity contribution is 5.27. The van der Waals surface area contributed by atoms with E-state index in [2.05, 4.69) is 6.92 Å². The van der Waals surface area contributed by atoms with E-state index in [-0.39, 0.29) is 0 Å². The first-order valence-electron chi connectivity index (χ1n) is 2.43. The van der Waals surface area contributed by atoms with E-state index < -0.39 is 0 Å². The van der Waals surface area contributed by atoms with Gasteiger partial charge in [0.05, 0.1) is 6.07 Å². The topological polar surface area (TPSA) is 23.8 Å². The van der Waals surface area contributed by atoms with Crippen molar-refractivity contribution in [2.45, 2.75) is 13.3 Å². The first-order valence-corrected chi connectivity index (χ1v) is 2.43. The van der Waals surface area contributed by atoms with Crippen LogP contribution in [0.4, 0.5) is 0 Å². The second-order valence-electron chi connectivity index (χ2n) is 1.95. The molecule has 0 N–H and O–H groups in total. The van der Waals surface area contributed by atoms with Gasteiger partial charge in [0, 0.05) is 6.08 Å². The monoisotopic (exact) mass is 93.1 g/mol. The van der Waals surface area contributed by atoms with Gasteiger partial charge in [0.15, 0.2) is 0 Å². The van der Waals surface area contributed by atoms with E-state index in [1.807, 2.05) is 6.07 Å². The van der Waals surface area contributed by atoms with Crippen LogP contribution in [0.5, 0.6) is 0 Å². The molecule has 1 nitrogen and oxygen atoms in total. The van der Waals surface area contributed by atoms with Gasteiger partial charge in [0.25, 0.3) is 0 Å². The van der Waals surface area contributed by atoms with Crippen molar-refractivity contribution in [2.24, 2.45) is 5.92 Å². The first kappa shape index (κ1) is 4.39. The van der Waals surface area contributed by atoms with Crippen LogP contribution in [0.2, 0.25) is 0 Å². The standard InChI is InChI=1S/C6H7N/c1-5-4-6(5)2-3-7/h2,5H,4H2,1H3. The van der Waals surface area contributed by atoms with Crippen molar-refractivity contribution < 1.29 is 0 Å². The number of allylic oxidation sites excluding steroid dienone is 2. The maximum atomic E-state index is 8.07. The average Bonchev–Trinajstić information content (AvgIpc) is 2.22. The van der Waals surface area contributed by atoms with Gasteiger partial charge in [-0.25, -0.2) is 0 Å². The second-order valence-corrected chi connectivity index (χ2v) is 1.95. The Morgan fingerprint density at radius 1 is 2.00 bits per heavy atom. The normalized spacial score (nSPS) is 32.6. The molecule has 1 heteroatoms. The molecule has 0 radical (unpaired) electrons. The van der Waals surface area contributed by atoms with Gasteiger partial charge < -0.3 is 0 Å². The van der Waals surface area contributed by atoms with E-state index in [0.717, 1.165) is 6.42 Å². The van der Waals surface area contributed by atoms with E-state index in [1.54, 1.807) is 6.08 Å². The summed E-state index contributed by atoms with van der Waals surface area (Å²) in [6, 6.07) is 2.00. The van der Waals surface area contributed by atoms with Gasteiger partial charge in [-0.1, -0.05) is 12.5 Å². The number of hydrogen-bond acceptors (Lipinski definition) is 1. The largest absolute Gasteiger partial charge is 0.193 e. The molecule has 0 amide bonds. The van der Waals surface area contributed by atoms with Gasteiger partial charge in [0.1, 0.15) is 0 Å². The summed E-state index contributed by atoms with van der Waals surface area (Å²) in [5, 5.41) is 8.07. The summed E-state index contributed by atoms with van der Waals surface area (Å²) in [4.78, 5) is 0. The van der Waals surface area contributed by atoms with Gasteiger partial charge in [-0.3, -0.25) is 0 Å². The molecule has 36 valence electrons. The molecule has 1 fully saturated rings. The van der Waals surface area contributed by atoms with Crippen LogP contribution < -0.4 is 0 Å². The Hall–Kier alpha value is -0.770. The molecule has 0 aromatic heterocycles. The van der Waals surface area contributed by atoms with Crippen LogP contribution in [0.3, 0.4) is 0 Å². The SMILES string of the molecule is CC1CC1=CC#N. The summed E-state index contributed by atoms with van der Waals surface area (Å²) >= 11 is 0. The first-order chi connectivity index (χ1) is 3.34. The molecule has 0 spiro atoms. The molecule has 1 aliphatic carbocycles. The third kappa shape index (κ3) is 0.806. The van der Waals surface area contributed by atoms with E-state index in [0.29, 0.717) is 5.92 Å². The summed E-state index contributed by atoms with van der Waals surface area (Å²) in [5.74, 6) is 0.708. The molecule has 0 aromatic rings. The van der Waals surface area contributed by atoms with Crippen molar-refractivity contribution in [3.63, 3.8) is 0 Å². The molecule has 7 heavy (non-hydrogen) atoms. The van der Waals surface area contributed by atoms with Crippen LogP contribution in [0, 0.1) is 17.2 Å². The zero-order valence-corrected chi connectivity index (χ0v) is 4.31. The summed E-state index contributed by atoms with van der Waals surface area (Å²) in [6.07, 6.45) is 2.79. The van der Waals surface area contributed by atoms with E-state index in [9.17, 15) is 0 Å². The maximum absolute atomic E-state index is 8.07. The molecule has 1 unspecified atom stereocenters. The van der Waals surface area contributed by atoms with Crippen molar-refractivity contribution in [3.05, 3.63) is 11.6 Å². The van der Waals surface area contributed by atoms with E-state index >= 15 is 0 Å². The number of nitriles is 1. The molecule has 0 saturated heterocycles. The smallest absolute Gasteiger partial charge is 0.0911 e. The highest BCUT2D eigenvalue weighted by Gasteiger charge is 2.22. The van der Waals surface area contributed by atoms with Gasteiger partial charge in [-0.15, -0.1) is 0 Å². The minimum atomic E-state index is 0.708. The second kappa shape index (κ2) is 1.38. The van der Waals surface area contributed by atoms with Crippen LogP contribution in [-0.4, -0.2) is 0 Å². The lowest BCUT2D eigenvalue weighted by atomic mass is 10.4. The van der Waals surface area contributed by atoms with E-state index in [4.69, 9.17) is 5.26 Å². The lowest BCUT2D eigenvalue weighted by molar-refractivity contribution is 1.02. The van der Waals surface area contributed by atoms with Crippen LogP contribution >= 0.6 is 0 Å². The Balaban J connectivity index is 2.49. The molecular weight excluding hydrogens is 86.1 g/mol. The molecule has 1 atom stereocenters. The van der Waals surface area contributed by atoms with Crippen LogP contribution in [0.25, 0.3) is 0 Å². The van der Waals surface area contributed by atoms with Crippen molar-refractivity contribution >= 4 is 0 Å². The number of nitrogens with zero attached hydrogens (tertiary/aromatic N) is 1. The fraction of sp³-hybridized carbons (Fsp3) is 0.500. The fourth-order valence-electron chi connectivity index (χ4n) is 0.579. The third-order valence-electron chi connectivity index (χ3n) is 1.26. The van der Waals surface area contributed by atoms with Gasteiger partial charge >= 0.3 is 0 Å². The maximum Gasteiger partial charge on any atom is 0.0911 e. The van der Waals surface area contributed by atoms with Crippen molar-refractivity contribution in [2.75, 3.05) is 0 Å². The zero-order chi connectivity index (χ0) is 5.28. The lowest BCUT2D eigenvalue weighted by Crippen LogP contribution is -1.51. The van der Waals surface area contributed by atoms with Crippen molar-refractivity contribution in [1.82, 2.24) is 0 Å². The Morgan fingerprint density at radius 2 is 2.57 bits per heavy atom. The van der Waals surface area contributed by atoms with E-state index in [1.165, 1.54) is 5.57 Å². The predicted molar refractivity (Wildman–Crippen MR) is 27.5 cm³/mol. The summed E-state index contributed by atoms with van der Waals surface area (Å²) in [6.45, 7) is 2.13. The van der Waals surface area contributed by atoms with Crippen LogP contribution in [0.15, 0.2) is 11.6 Å². The van der Waals surface area contributed by atoms with Crippen molar-refractivity contribution in [1.29, 1.82) is 5.26 Å². The molecule has 0 aromatic carbocycles. The molecule has 0 bridgehead atoms. The fourth-order valence-corrected chi connectivity index (χ4v) is 0.579. The average molecular weight is 93.1 g/mol. The summed E-state index contributed by atoms with van der Waals surface area (Å²) in [5.41, 5.74) is 1.31. The Labute approximate surface area is 43.3 Å².